The van der Waals surface area contributed by atoms with Gasteiger partial charge >= 0.3 is 0 Å². The zero-order valence-corrected chi connectivity index (χ0v) is 16.5. The van der Waals surface area contributed by atoms with Gasteiger partial charge in [0.15, 0.2) is 9.84 Å². The Bertz CT molecular complexity index is 839. The predicted octanol–water partition coefficient (Wildman–Crippen LogP) is 2.60. The molecule has 0 N–H and O–H groups in total. The molecule has 0 amide bonds. The molecule has 0 bridgehead atoms. The Morgan fingerprint density at radius 2 is 1.33 bits per heavy atom. The summed E-state index contributed by atoms with van der Waals surface area (Å²) in [5.74, 6) is 0.619. The summed E-state index contributed by atoms with van der Waals surface area (Å²) in [5, 5.41) is 0. The first-order valence-corrected chi connectivity index (χ1v) is 11.7. The number of benzene rings is 2. The molecule has 0 saturated carbocycles. The van der Waals surface area contributed by atoms with Crippen molar-refractivity contribution in [2.75, 3.05) is 31.1 Å². The Kier molecular flexibility index (Phi) is 5.62. The molecule has 27 heavy (non-hydrogen) atoms. The zero-order valence-electron chi connectivity index (χ0n) is 15.7. The first-order chi connectivity index (χ1) is 13.1. The van der Waals surface area contributed by atoms with Crippen LogP contribution in [0.3, 0.4) is 0 Å². The van der Waals surface area contributed by atoms with Crippen molar-refractivity contribution < 1.29 is 8.42 Å². The van der Waals surface area contributed by atoms with Crippen LogP contribution >= 0.6 is 0 Å². The maximum atomic E-state index is 12.4. The third-order valence-corrected chi connectivity index (χ3v) is 7.59. The summed E-state index contributed by atoms with van der Waals surface area (Å²) in [5.41, 5.74) is 2.62. The lowest BCUT2D eigenvalue weighted by Crippen LogP contribution is -2.58. The number of nitrogens with zero attached hydrogens (tertiary/aromatic N) is 2. The zero-order chi connectivity index (χ0) is 18.7. The van der Waals surface area contributed by atoms with E-state index in [9.17, 15) is 8.42 Å². The van der Waals surface area contributed by atoms with Gasteiger partial charge in [-0.2, -0.15) is 0 Å². The van der Waals surface area contributed by atoms with E-state index in [-0.39, 0.29) is 12.1 Å². The molecule has 2 aromatic rings. The number of aryl methyl sites for hydroxylation is 1. The molecule has 4 rings (SSSR count). The SMILES string of the molecule is O=S1(=O)C[C@@H]2[C@H](C1)N(CCCc1ccccc1)CCN2Cc1ccccc1. The molecule has 0 aliphatic carbocycles. The van der Waals surface area contributed by atoms with E-state index in [1.54, 1.807) is 0 Å². The number of piperazine rings is 1. The van der Waals surface area contributed by atoms with E-state index in [4.69, 9.17) is 0 Å². The highest BCUT2D eigenvalue weighted by Gasteiger charge is 2.46. The Morgan fingerprint density at radius 3 is 2.00 bits per heavy atom. The van der Waals surface area contributed by atoms with E-state index in [2.05, 4.69) is 58.3 Å². The lowest BCUT2D eigenvalue weighted by atomic mass is 10.0. The average Bonchev–Trinajstić information content (AvgIpc) is 3.01. The molecule has 0 radical (unpaired) electrons. The second-order valence-corrected chi connectivity index (χ2v) is 9.95. The van der Waals surface area contributed by atoms with Crippen molar-refractivity contribution in [1.29, 1.82) is 0 Å². The second kappa shape index (κ2) is 8.13. The fourth-order valence-corrected chi connectivity index (χ4v) is 6.56. The van der Waals surface area contributed by atoms with Crippen molar-refractivity contribution in [2.24, 2.45) is 0 Å². The van der Waals surface area contributed by atoms with E-state index in [0.29, 0.717) is 11.5 Å². The van der Waals surface area contributed by atoms with E-state index >= 15 is 0 Å². The van der Waals surface area contributed by atoms with Gasteiger partial charge in [0.1, 0.15) is 0 Å². The lowest BCUT2D eigenvalue weighted by molar-refractivity contribution is 0.0398. The van der Waals surface area contributed by atoms with Crippen molar-refractivity contribution in [2.45, 2.75) is 31.5 Å². The van der Waals surface area contributed by atoms with Gasteiger partial charge < -0.3 is 0 Å². The van der Waals surface area contributed by atoms with Crippen LogP contribution in [-0.2, 0) is 22.8 Å². The Morgan fingerprint density at radius 1 is 0.778 bits per heavy atom. The summed E-state index contributed by atoms with van der Waals surface area (Å²) < 4.78 is 24.8. The summed E-state index contributed by atoms with van der Waals surface area (Å²) >= 11 is 0. The molecular weight excluding hydrogens is 356 g/mol. The maximum absolute atomic E-state index is 12.4. The van der Waals surface area contributed by atoms with Crippen LogP contribution in [0.2, 0.25) is 0 Å². The van der Waals surface area contributed by atoms with E-state index in [0.717, 1.165) is 39.0 Å². The maximum Gasteiger partial charge on any atom is 0.153 e. The molecule has 4 nitrogen and oxygen atoms in total. The molecule has 2 aliphatic rings. The minimum absolute atomic E-state index is 0.126. The number of sulfone groups is 1. The molecule has 2 heterocycles. The standard InChI is InChI=1S/C22H28N2O2S/c25-27(26)17-21-22(18-27)24(16-20-10-5-2-6-11-20)15-14-23(21)13-7-12-19-8-3-1-4-9-19/h1-6,8-11,21-22H,7,12-18H2/t21-,22+/m0/s1. The van der Waals surface area contributed by atoms with Crippen LogP contribution in [0.15, 0.2) is 60.7 Å². The molecule has 0 spiro atoms. The van der Waals surface area contributed by atoms with Gasteiger partial charge in [-0.25, -0.2) is 8.42 Å². The molecule has 2 aliphatic heterocycles. The van der Waals surface area contributed by atoms with Crippen LogP contribution in [-0.4, -0.2) is 61.4 Å². The normalized spacial score (nSPS) is 25.3. The molecule has 0 aromatic heterocycles. The highest BCUT2D eigenvalue weighted by molar-refractivity contribution is 7.91. The fourth-order valence-electron chi connectivity index (χ4n) is 4.52. The van der Waals surface area contributed by atoms with E-state index < -0.39 is 9.84 Å². The van der Waals surface area contributed by atoms with Crippen molar-refractivity contribution in [3.8, 4) is 0 Å². The van der Waals surface area contributed by atoms with Gasteiger partial charge in [-0.1, -0.05) is 60.7 Å². The van der Waals surface area contributed by atoms with Crippen molar-refractivity contribution in [1.82, 2.24) is 9.80 Å². The summed E-state index contributed by atoms with van der Waals surface area (Å²) in [6.07, 6.45) is 2.13. The number of hydrogen-bond donors (Lipinski definition) is 0. The molecular formula is C22H28N2O2S. The Hall–Kier alpha value is -1.69. The van der Waals surface area contributed by atoms with Crippen LogP contribution in [0.5, 0.6) is 0 Å². The van der Waals surface area contributed by atoms with Crippen LogP contribution in [0.4, 0.5) is 0 Å². The molecule has 144 valence electrons. The summed E-state index contributed by atoms with van der Waals surface area (Å²) in [6, 6.07) is 21.2. The van der Waals surface area contributed by atoms with Gasteiger partial charge in [-0.05, 0) is 30.5 Å². The third kappa shape index (κ3) is 4.60. The second-order valence-electron chi connectivity index (χ2n) is 7.79. The van der Waals surface area contributed by atoms with Crippen molar-refractivity contribution in [3.63, 3.8) is 0 Å². The van der Waals surface area contributed by atoms with Crippen molar-refractivity contribution >= 4 is 9.84 Å². The minimum atomic E-state index is -2.95. The van der Waals surface area contributed by atoms with Crippen LogP contribution < -0.4 is 0 Å². The molecule has 2 atom stereocenters. The minimum Gasteiger partial charge on any atom is -0.296 e. The third-order valence-electron chi connectivity index (χ3n) is 5.89. The highest BCUT2D eigenvalue weighted by atomic mass is 32.2. The van der Waals surface area contributed by atoms with E-state index in [1.165, 1.54) is 11.1 Å². The van der Waals surface area contributed by atoms with Gasteiger partial charge in [-0.15, -0.1) is 0 Å². The Balaban J connectivity index is 1.40. The predicted molar refractivity (Wildman–Crippen MR) is 109 cm³/mol. The highest BCUT2D eigenvalue weighted by Crippen LogP contribution is 2.28. The monoisotopic (exact) mass is 384 g/mol. The van der Waals surface area contributed by atoms with Gasteiger partial charge in [-0.3, -0.25) is 9.80 Å². The topological polar surface area (TPSA) is 40.6 Å². The quantitative estimate of drug-likeness (QED) is 0.768. The first kappa shape index (κ1) is 18.7. The average molecular weight is 385 g/mol. The van der Waals surface area contributed by atoms with E-state index in [1.807, 2.05) is 12.1 Å². The number of rotatable bonds is 6. The summed E-state index contributed by atoms with van der Waals surface area (Å²) in [6.45, 7) is 3.72. The largest absolute Gasteiger partial charge is 0.296 e. The molecule has 2 aromatic carbocycles. The summed E-state index contributed by atoms with van der Waals surface area (Å²) in [7, 11) is -2.95. The number of fused-ring (bicyclic) bond motifs is 1. The van der Waals surface area contributed by atoms with Crippen LogP contribution in [0.25, 0.3) is 0 Å². The summed E-state index contributed by atoms with van der Waals surface area (Å²) in [4.78, 5) is 4.82. The van der Waals surface area contributed by atoms with Crippen LogP contribution in [0.1, 0.15) is 17.5 Å². The van der Waals surface area contributed by atoms with Crippen molar-refractivity contribution in [3.05, 3.63) is 71.8 Å². The molecule has 2 fully saturated rings. The van der Waals surface area contributed by atoms with Crippen LogP contribution in [0, 0.1) is 0 Å². The number of hydrogen-bond acceptors (Lipinski definition) is 4. The lowest BCUT2D eigenvalue weighted by Gasteiger charge is -2.44. The smallest absolute Gasteiger partial charge is 0.153 e. The van der Waals surface area contributed by atoms with Gasteiger partial charge in [0, 0.05) is 31.7 Å². The van der Waals surface area contributed by atoms with Gasteiger partial charge in [0.25, 0.3) is 0 Å². The Labute approximate surface area is 162 Å². The first-order valence-electron chi connectivity index (χ1n) is 9.87. The molecule has 0 unspecified atom stereocenters. The fraction of sp³-hybridized carbons (Fsp3) is 0.455. The van der Waals surface area contributed by atoms with Gasteiger partial charge in [0.2, 0.25) is 0 Å². The van der Waals surface area contributed by atoms with Gasteiger partial charge in [0.05, 0.1) is 11.5 Å². The molecule has 2 saturated heterocycles. The molecule has 5 heteroatoms.